The van der Waals surface area contributed by atoms with Gasteiger partial charge in [-0.2, -0.15) is 0 Å². The zero-order valence-corrected chi connectivity index (χ0v) is 55.1. The Morgan fingerprint density at radius 1 is 0.200 bits per heavy atom. The summed E-state index contributed by atoms with van der Waals surface area (Å²) in [6, 6.07) is 0. The van der Waals surface area contributed by atoms with Crippen LogP contribution in [0.4, 0.5) is 0 Å². The fourth-order valence-corrected chi connectivity index (χ4v) is 11.7. The zero-order chi connectivity index (χ0) is 58.0. The summed E-state index contributed by atoms with van der Waals surface area (Å²) in [5.74, 6) is -0.653. The van der Waals surface area contributed by atoms with E-state index >= 15 is 0 Å². The first-order chi connectivity index (χ1) is 39.4. The van der Waals surface area contributed by atoms with E-state index in [0.717, 1.165) is 57.8 Å². The molecule has 0 aromatic heterocycles. The van der Waals surface area contributed by atoms with Gasteiger partial charge in [-0.3, -0.25) is 14.4 Å². The first-order valence-electron chi connectivity index (χ1n) is 36.8. The molecule has 0 saturated heterocycles. The fraction of sp³-hybridized carbons (Fsp3) is 0.959. The Hall–Kier alpha value is -1.59. The van der Waals surface area contributed by atoms with E-state index in [1.807, 2.05) is 6.92 Å². The van der Waals surface area contributed by atoms with Crippen LogP contribution in [0.2, 0.25) is 0 Å². The molecule has 0 bridgehead atoms. The Bertz CT molecular complexity index is 1090. The highest BCUT2D eigenvalue weighted by Gasteiger charge is 2.31. The number of carbonyl (C=O) groups is 3. The second kappa shape index (κ2) is 66.5. The number of carbonyl (C=O) groups excluding carboxylic acids is 3. The summed E-state index contributed by atoms with van der Waals surface area (Å²) >= 11 is 0. The Balaban J connectivity index is 4.36. The SMILES string of the molecule is CCCCCCCCCCCCCCCCCCCCCCC(=O)OCC(C)(COC(=O)CCCCCCCCCCCCCCCCCCCCCC)COC(=O)CCCCCCCCCCCCCCCCCCCCCC. The van der Waals surface area contributed by atoms with Gasteiger partial charge >= 0.3 is 17.9 Å². The third kappa shape index (κ3) is 64.0. The number of ether oxygens (including phenoxy) is 3. The van der Waals surface area contributed by atoms with Gasteiger partial charge in [-0.05, 0) is 26.2 Å². The monoisotopic (exact) mass is 1130 g/mol. The molecule has 0 amide bonds. The van der Waals surface area contributed by atoms with Crippen LogP contribution in [0.15, 0.2) is 0 Å². The Labute approximate surface area is 501 Å². The maximum Gasteiger partial charge on any atom is 0.305 e. The predicted molar refractivity (Wildman–Crippen MR) is 349 cm³/mol. The topological polar surface area (TPSA) is 78.9 Å². The lowest BCUT2D eigenvalue weighted by atomic mass is 9.94. The van der Waals surface area contributed by atoms with Gasteiger partial charge in [0.15, 0.2) is 0 Å². The van der Waals surface area contributed by atoms with Gasteiger partial charge in [0.25, 0.3) is 0 Å². The third-order valence-electron chi connectivity index (χ3n) is 17.4. The molecule has 476 valence electrons. The van der Waals surface area contributed by atoms with Crippen LogP contribution in [-0.2, 0) is 28.6 Å². The summed E-state index contributed by atoms with van der Waals surface area (Å²) in [4.78, 5) is 38.8. The van der Waals surface area contributed by atoms with Crippen molar-refractivity contribution in [3.8, 4) is 0 Å². The normalized spacial score (nSPS) is 11.7. The van der Waals surface area contributed by atoms with Gasteiger partial charge < -0.3 is 14.2 Å². The number of esters is 3. The van der Waals surface area contributed by atoms with Crippen LogP contribution in [0.25, 0.3) is 0 Å². The second-order valence-electron chi connectivity index (χ2n) is 26.2. The van der Waals surface area contributed by atoms with Gasteiger partial charge in [-0.15, -0.1) is 0 Å². The molecule has 0 fully saturated rings. The van der Waals surface area contributed by atoms with E-state index in [-0.39, 0.29) is 37.7 Å². The van der Waals surface area contributed by atoms with Crippen molar-refractivity contribution in [1.29, 1.82) is 0 Å². The predicted octanol–water partition coefficient (Wildman–Crippen LogP) is 25.3. The fourth-order valence-electron chi connectivity index (χ4n) is 11.7. The van der Waals surface area contributed by atoms with Gasteiger partial charge in [-0.1, -0.05) is 387 Å². The minimum absolute atomic E-state index is 0.0736. The quantitative estimate of drug-likeness (QED) is 0.0343. The van der Waals surface area contributed by atoms with Crippen molar-refractivity contribution in [1.82, 2.24) is 0 Å². The number of hydrogen-bond donors (Lipinski definition) is 0. The first-order valence-corrected chi connectivity index (χ1v) is 36.8. The molecule has 0 rings (SSSR count). The van der Waals surface area contributed by atoms with Crippen molar-refractivity contribution < 1.29 is 28.6 Å². The second-order valence-corrected chi connectivity index (χ2v) is 26.2. The van der Waals surface area contributed by atoms with Crippen LogP contribution in [0, 0.1) is 5.41 Å². The lowest BCUT2D eigenvalue weighted by molar-refractivity contribution is -0.160. The molecule has 0 atom stereocenters. The van der Waals surface area contributed by atoms with Crippen molar-refractivity contribution in [3.63, 3.8) is 0 Å². The summed E-state index contributed by atoms with van der Waals surface area (Å²) < 4.78 is 17.4. The molecule has 0 unspecified atom stereocenters. The molecule has 0 aliphatic rings. The van der Waals surface area contributed by atoms with Crippen LogP contribution in [0.3, 0.4) is 0 Å². The Kier molecular flexibility index (Phi) is 65.2. The molecule has 6 nitrogen and oxygen atoms in total. The van der Waals surface area contributed by atoms with Crippen molar-refractivity contribution in [2.45, 2.75) is 432 Å². The van der Waals surface area contributed by atoms with Gasteiger partial charge in [-0.25, -0.2) is 0 Å². The van der Waals surface area contributed by atoms with Gasteiger partial charge in [0.05, 0.1) is 5.41 Å². The highest BCUT2D eigenvalue weighted by molar-refractivity contribution is 5.70. The van der Waals surface area contributed by atoms with Crippen LogP contribution in [0.5, 0.6) is 0 Å². The molecule has 0 aromatic carbocycles. The maximum atomic E-state index is 12.9. The molecular formula is C74H144O6. The van der Waals surface area contributed by atoms with Crippen molar-refractivity contribution >= 4 is 17.9 Å². The molecule has 80 heavy (non-hydrogen) atoms. The molecule has 0 N–H and O–H groups in total. The summed E-state index contributed by atoms with van der Waals surface area (Å²) in [5.41, 5.74) is -0.783. The molecule has 0 aliphatic carbocycles. The number of hydrogen-bond acceptors (Lipinski definition) is 6. The van der Waals surface area contributed by atoms with E-state index in [9.17, 15) is 14.4 Å². The van der Waals surface area contributed by atoms with E-state index in [0.29, 0.717) is 19.3 Å². The molecule has 0 heterocycles. The first kappa shape index (κ1) is 78.4. The van der Waals surface area contributed by atoms with Gasteiger partial charge in [0, 0.05) is 19.3 Å². The van der Waals surface area contributed by atoms with Crippen molar-refractivity contribution in [2.24, 2.45) is 5.41 Å². The Morgan fingerprint density at radius 2 is 0.312 bits per heavy atom. The highest BCUT2D eigenvalue weighted by Crippen LogP contribution is 2.23. The zero-order valence-electron chi connectivity index (χ0n) is 55.1. The molecular weight excluding hydrogens is 985 g/mol. The van der Waals surface area contributed by atoms with Crippen LogP contribution in [0.1, 0.15) is 432 Å². The third-order valence-corrected chi connectivity index (χ3v) is 17.4. The average molecular weight is 1130 g/mol. The van der Waals surface area contributed by atoms with Gasteiger partial charge in [0.2, 0.25) is 0 Å². The molecule has 0 aliphatic heterocycles. The van der Waals surface area contributed by atoms with Crippen molar-refractivity contribution in [3.05, 3.63) is 0 Å². The average Bonchev–Trinajstić information content (AvgIpc) is 3.46. The van der Waals surface area contributed by atoms with Crippen LogP contribution in [-0.4, -0.2) is 37.7 Å². The van der Waals surface area contributed by atoms with E-state index < -0.39 is 5.41 Å². The number of unbranched alkanes of at least 4 members (excludes halogenated alkanes) is 57. The van der Waals surface area contributed by atoms with Crippen molar-refractivity contribution in [2.75, 3.05) is 19.8 Å². The smallest absolute Gasteiger partial charge is 0.305 e. The number of rotatable bonds is 69. The minimum Gasteiger partial charge on any atom is -0.465 e. The molecule has 0 radical (unpaired) electrons. The minimum atomic E-state index is -0.783. The summed E-state index contributed by atoms with van der Waals surface area (Å²) in [7, 11) is 0. The maximum absolute atomic E-state index is 12.9. The summed E-state index contributed by atoms with van der Waals surface area (Å²) in [5, 5.41) is 0. The highest BCUT2D eigenvalue weighted by atomic mass is 16.6. The lowest BCUT2D eigenvalue weighted by Gasteiger charge is -2.28. The van der Waals surface area contributed by atoms with Crippen LogP contribution >= 0.6 is 0 Å². The largest absolute Gasteiger partial charge is 0.465 e. The van der Waals surface area contributed by atoms with E-state index in [1.54, 1.807) is 0 Å². The summed E-state index contributed by atoms with van der Waals surface area (Å²) in [6.07, 6.45) is 81.0. The van der Waals surface area contributed by atoms with E-state index in [4.69, 9.17) is 14.2 Å². The van der Waals surface area contributed by atoms with Gasteiger partial charge in [0.1, 0.15) is 19.8 Å². The lowest BCUT2D eigenvalue weighted by Crippen LogP contribution is -2.37. The van der Waals surface area contributed by atoms with E-state index in [2.05, 4.69) is 20.8 Å². The Morgan fingerprint density at radius 3 is 0.438 bits per heavy atom. The molecule has 6 heteroatoms. The van der Waals surface area contributed by atoms with Crippen LogP contribution < -0.4 is 0 Å². The molecule has 0 saturated carbocycles. The summed E-state index contributed by atoms with van der Waals surface area (Å²) in [6.45, 7) is 9.01. The molecule has 0 spiro atoms. The molecule has 0 aromatic rings. The standard InChI is InChI=1S/C74H144O6/c1-5-8-11-14-17-20-23-26-29-32-35-38-41-44-47-50-53-56-59-62-65-71(75)78-68-74(4,69-79-72(76)66-63-60-57-54-51-48-45-42-39-36-33-30-27-24-21-18-15-12-9-6-2)70-80-73(77)67-64-61-58-55-52-49-46-43-40-37-34-31-28-25-22-19-16-13-10-7-3/h5-70H2,1-4H3. The van der Waals surface area contributed by atoms with E-state index in [1.165, 1.54) is 327 Å².